The van der Waals surface area contributed by atoms with Gasteiger partial charge in [0.2, 0.25) is 0 Å². The Morgan fingerprint density at radius 3 is 2.93 bits per heavy atom. The summed E-state index contributed by atoms with van der Waals surface area (Å²) >= 11 is 8.33. The van der Waals surface area contributed by atoms with E-state index in [1.807, 2.05) is 11.4 Å². The molecule has 84 valence electrons. The summed E-state index contributed by atoms with van der Waals surface area (Å²) in [5.41, 5.74) is 0.735. The third kappa shape index (κ3) is 5.13. The molecule has 1 amide bonds. The zero-order chi connectivity index (χ0) is 11.3. The van der Waals surface area contributed by atoms with Gasteiger partial charge in [0, 0.05) is 16.8 Å². The van der Waals surface area contributed by atoms with Crippen molar-refractivity contribution in [2.75, 3.05) is 6.54 Å². The summed E-state index contributed by atoms with van der Waals surface area (Å²) in [5, 5.41) is 4.75. The summed E-state index contributed by atoms with van der Waals surface area (Å²) < 4.78 is 0.988. The molecule has 1 N–H and O–H groups in total. The smallest absolute Gasteiger partial charge is 0.252 e. The van der Waals surface area contributed by atoms with Gasteiger partial charge in [0.05, 0.1) is 9.35 Å². The van der Waals surface area contributed by atoms with Crippen molar-refractivity contribution in [2.45, 2.75) is 24.6 Å². The lowest BCUT2D eigenvalue weighted by atomic mass is 10.2. The lowest BCUT2D eigenvalue weighted by Crippen LogP contribution is -2.24. The fourth-order valence-corrected chi connectivity index (χ4v) is 2.58. The van der Waals surface area contributed by atoms with Crippen LogP contribution in [-0.4, -0.2) is 17.3 Å². The molecule has 0 bridgehead atoms. The van der Waals surface area contributed by atoms with Gasteiger partial charge in [-0.15, -0.1) is 11.3 Å². The van der Waals surface area contributed by atoms with E-state index in [1.165, 1.54) is 11.3 Å². The number of thiophene rings is 1. The van der Waals surface area contributed by atoms with E-state index in [0.717, 1.165) is 28.7 Å². The molecule has 0 aromatic carbocycles. The predicted octanol–water partition coefficient (Wildman–Crippen LogP) is 3.80. The number of amides is 1. The van der Waals surface area contributed by atoms with Gasteiger partial charge in [-0.2, -0.15) is 0 Å². The Morgan fingerprint density at radius 1 is 1.67 bits per heavy atom. The summed E-state index contributed by atoms with van der Waals surface area (Å²) in [6.07, 6.45) is 2.08. The Balaban J connectivity index is 2.25. The van der Waals surface area contributed by atoms with Crippen LogP contribution in [0.3, 0.4) is 0 Å². The van der Waals surface area contributed by atoms with Gasteiger partial charge in [-0.1, -0.05) is 22.9 Å². The third-order valence-electron chi connectivity index (χ3n) is 1.89. The number of carbonyl (C=O) groups is 1. The average Bonchev–Trinajstić information content (AvgIpc) is 2.59. The Labute approximate surface area is 111 Å². The quantitative estimate of drug-likeness (QED) is 0.632. The van der Waals surface area contributed by atoms with Crippen LogP contribution in [0.1, 0.15) is 30.1 Å². The average molecular weight is 355 g/mol. The Kier molecular flexibility index (Phi) is 5.86. The van der Waals surface area contributed by atoms with Crippen LogP contribution in [0.5, 0.6) is 0 Å². The summed E-state index contributed by atoms with van der Waals surface area (Å²) in [4.78, 5) is 12.1. The second kappa shape index (κ2) is 6.66. The lowest BCUT2D eigenvalue weighted by Gasteiger charge is -2.04. The minimum absolute atomic E-state index is 0.0131. The lowest BCUT2D eigenvalue weighted by molar-refractivity contribution is 0.0953. The van der Waals surface area contributed by atoms with Gasteiger partial charge in [0.25, 0.3) is 5.91 Å². The van der Waals surface area contributed by atoms with Crippen LogP contribution < -0.4 is 5.32 Å². The number of hydrogen-bond donors (Lipinski definition) is 1. The van der Waals surface area contributed by atoms with Crippen molar-refractivity contribution in [1.29, 1.82) is 0 Å². The molecular formula is C10H13Br2NOS. The van der Waals surface area contributed by atoms with Crippen molar-refractivity contribution >= 4 is 49.1 Å². The van der Waals surface area contributed by atoms with Crippen molar-refractivity contribution < 1.29 is 4.79 Å². The van der Waals surface area contributed by atoms with E-state index in [2.05, 4.69) is 44.1 Å². The molecule has 5 heteroatoms. The highest BCUT2D eigenvalue weighted by atomic mass is 79.9. The highest BCUT2D eigenvalue weighted by Crippen LogP contribution is 2.20. The molecule has 0 saturated carbocycles. The van der Waals surface area contributed by atoms with Gasteiger partial charge in [0.15, 0.2) is 0 Å². The first kappa shape index (κ1) is 13.2. The first-order valence-electron chi connectivity index (χ1n) is 4.76. The number of rotatable bonds is 5. The summed E-state index contributed by atoms with van der Waals surface area (Å²) in [7, 11) is 0. The number of nitrogens with one attached hydrogen (secondary N) is 1. The molecule has 15 heavy (non-hydrogen) atoms. The van der Waals surface area contributed by atoms with E-state index in [0.29, 0.717) is 4.83 Å². The molecule has 2 nitrogen and oxygen atoms in total. The molecule has 0 aliphatic rings. The monoisotopic (exact) mass is 353 g/mol. The molecule has 0 aliphatic carbocycles. The van der Waals surface area contributed by atoms with Crippen LogP contribution in [-0.2, 0) is 0 Å². The number of alkyl halides is 1. The Bertz CT molecular complexity index is 325. The maximum absolute atomic E-state index is 11.6. The summed E-state index contributed by atoms with van der Waals surface area (Å²) in [6, 6.07) is 1.84. The molecule has 0 spiro atoms. The Hall–Kier alpha value is 0.130. The van der Waals surface area contributed by atoms with Crippen molar-refractivity contribution in [3.63, 3.8) is 0 Å². The van der Waals surface area contributed by atoms with Gasteiger partial charge in [-0.25, -0.2) is 0 Å². The van der Waals surface area contributed by atoms with E-state index < -0.39 is 0 Å². The molecule has 0 fully saturated rings. The van der Waals surface area contributed by atoms with E-state index in [4.69, 9.17) is 0 Å². The van der Waals surface area contributed by atoms with Crippen molar-refractivity contribution in [1.82, 2.24) is 5.32 Å². The zero-order valence-corrected chi connectivity index (χ0v) is 12.4. The van der Waals surface area contributed by atoms with Gasteiger partial charge in [-0.3, -0.25) is 4.79 Å². The van der Waals surface area contributed by atoms with E-state index in [9.17, 15) is 4.79 Å². The van der Waals surface area contributed by atoms with E-state index in [1.54, 1.807) is 0 Å². The van der Waals surface area contributed by atoms with Crippen molar-refractivity contribution in [3.05, 3.63) is 20.8 Å². The molecule has 0 aliphatic heterocycles. The topological polar surface area (TPSA) is 29.1 Å². The standard InChI is InChI=1S/C10H13Br2NOS/c1-7(11)3-2-4-13-10(14)8-5-9(12)15-6-8/h5-7H,2-4H2,1H3,(H,13,14). The molecule has 1 aromatic rings. The SMILES string of the molecule is CC(Br)CCCNC(=O)c1csc(Br)c1. The highest BCUT2D eigenvalue weighted by Gasteiger charge is 2.06. The zero-order valence-electron chi connectivity index (χ0n) is 8.43. The normalized spacial score (nSPS) is 12.5. The number of carbonyl (C=O) groups excluding carboxylic acids is 1. The molecule has 1 aromatic heterocycles. The van der Waals surface area contributed by atoms with Crippen LogP contribution in [0.2, 0.25) is 0 Å². The molecule has 0 radical (unpaired) electrons. The predicted molar refractivity (Wildman–Crippen MR) is 72.0 cm³/mol. The van der Waals surface area contributed by atoms with Crippen LogP contribution >= 0.6 is 43.2 Å². The first-order valence-corrected chi connectivity index (χ1v) is 7.34. The number of hydrogen-bond acceptors (Lipinski definition) is 2. The van der Waals surface area contributed by atoms with Crippen LogP contribution in [0.15, 0.2) is 15.2 Å². The second-order valence-electron chi connectivity index (χ2n) is 3.32. The molecular weight excluding hydrogens is 342 g/mol. The molecule has 1 unspecified atom stereocenters. The molecule has 1 heterocycles. The van der Waals surface area contributed by atoms with E-state index in [-0.39, 0.29) is 5.91 Å². The van der Waals surface area contributed by atoms with Crippen molar-refractivity contribution in [2.24, 2.45) is 0 Å². The first-order chi connectivity index (χ1) is 7.09. The molecule has 1 rings (SSSR count). The van der Waals surface area contributed by atoms with Gasteiger partial charge in [0.1, 0.15) is 0 Å². The Morgan fingerprint density at radius 2 is 2.40 bits per heavy atom. The van der Waals surface area contributed by atoms with Crippen LogP contribution in [0, 0.1) is 0 Å². The molecule has 1 atom stereocenters. The van der Waals surface area contributed by atoms with E-state index >= 15 is 0 Å². The van der Waals surface area contributed by atoms with Gasteiger partial charge >= 0.3 is 0 Å². The fraction of sp³-hybridized carbons (Fsp3) is 0.500. The van der Waals surface area contributed by atoms with Crippen LogP contribution in [0.25, 0.3) is 0 Å². The largest absolute Gasteiger partial charge is 0.352 e. The van der Waals surface area contributed by atoms with Crippen molar-refractivity contribution in [3.8, 4) is 0 Å². The summed E-state index contributed by atoms with van der Waals surface area (Å²) in [6.45, 7) is 2.85. The fourth-order valence-electron chi connectivity index (χ4n) is 1.12. The molecule has 0 saturated heterocycles. The van der Waals surface area contributed by atoms with Crippen LogP contribution in [0.4, 0.5) is 0 Å². The summed E-state index contributed by atoms with van der Waals surface area (Å²) in [5.74, 6) is 0.0131. The van der Waals surface area contributed by atoms with Gasteiger partial charge < -0.3 is 5.32 Å². The maximum Gasteiger partial charge on any atom is 0.252 e. The third-order valence-corrected chi connectivity index (χ3v) is 3.86. The minimum Gasteiger partial charge on any atom is -0.352 e. The maximum atomic E-state index is 11.6. The second-order valence-corrected chi connectivity index (χ2v) is 7.17. The number of halogens is 2. The minimum atomic E-state index is 0.0131. The highest BCUT2D eigenvalue weighted by molar-refractivity contribution is 9.11. The van der Waals surface area contributed by atoms with Gasteiger partial charge in [-0.05, 0) is 34.8 Å².